The van der Waals surface area contributed by atoms with Gasteiger partial charge in [-0.2, -0.15) is 5.10 Å². The lowest BCUT2D eigenvalue weighted by Gasteiger charge is -2.34. The zero-order valence-corrected chi connectivity index (χ0v) is 14.5. The number of hydrogen-bond donors (Lipinski definition) is 1. The van der Waals surface area contributed by atoms with E-state index in [1.807, 2.05) is 0 Å². The highest BCUT2D eigenvalue weighted by molar-refractivity contribution is 6.35. The Labute approximate surface area is 144 Å². The molecule has 1 unspecified atom stereocenters. The van der Waals surface area contributed by atoms with E-state index in [4.69, 9.17) is 16.3 Å². The lowest BCUT2D eigenvalue weighted by Crippen LogP contribution is -2.49. The van der Waals surface area contributed by atoms with E-state index < -0.39 is 11.9 Å². The molecule has 0 fully saturated rings. The molecular formula is C16H17ClN4O3. The number of amides is 2. The third-order valence-corrected chi connectivity index (χ3v) is 4.62. The van der Waals surface area contributed by atoms with Gasteiger partial charge in [-0.25, -0.2) is 0 Å². The van der Waals surface area contributed by atoms with E-state index >= 15 is 0 Å². The molecule has 3 rings (SSSR count). The summed E-state index contributed by atoms with van der Waals surface area (Å²) in [6.45, 7) is 3.43. The zero-order valence-electron chi connectivity index (χ0n) is 13.8. The van der Waals surface area contributed by atoms with Crippen LogP contribution >= 0.6 is 11.6 Å². The first-order valence-corrected chi connectivity index (χ1v) is 7.74. The fraction of sp³-hybridized carbons (Fsp3) is 0.312. The Bertz CT molecular complexity index is 846. The summed E-state index contributed by atoms with van der Waals surface area (Å²) in [6, 6.07) is 4.42. The normalized spacial score (nSPS) is 16.6. The first-order chi connectivity index (χ1) is 11.3. The monoisotopic (exact) mass is 348 g/mol. The van der Waals surface area contributed by atoms with Crippen molar-refractivity contribution >= 4 is 34.8 Å². The highest BCUT2D eigenvalue weighted by Crippen LogP contribution is 2.36. The maximum Gasteiger partial charge on any atom is 0.281 e. The average molecular weight is 349 g/mol. The Morgan fingerprint density at radius 1 is 1.42 bits per heavy atom. The van der Waals surface area contributed by atoms with Crippen molar-refractivity contribution in [2.24, 2.45) is 7.05 Å². The molecule has 1 aliphatic rings. The molecule has 1 atom stereocenters. The van der Waals surface area contributed by atoms with Crippen LogP contribution in [0.2, 0.25) is 5.02 Å². The number of methoxy groups -OCH3 is 1. The second-order valence-electron chi connectivity index (χ2n) is 5.60. The standard InChI is InChI=1S/C16H17ClN4O3/c1-8-13(17)14(19-20(8)3)16(23)21-9(2)15(22)18-11-6-5-10(24-4)7-12(11)21/h5-7,9H,1-4H3,(H,18,22). The van der Waals surface area contributed by atoms with Crippen LogP contribution in [0.3, 0.4) is 0 Å². The largest absolute Gasteiger partial charge is 0.497 e. The van der Waals surface area contributed by atoms with Crippen LogP contribution in [-0.4, -0.2) is 34.7 Å². The van der Waals surface area contributed by atoms with E-state index in [0.717, 1.165) is 0 Å². The number of carbonyl (C=O) groups is 2. The quantitative estimate of drug-likeness (QED) is 0.904. The summed E-state index contributed by atoms with van der Waals surface area (Å²) in [5.41, 5.74) is 1.88. The molecule has 0 radical (unpaired) electrons. The van der Waals surface area contributed by atoms with Crippen LogP contribution in [-0.2, 0) is 11.8 Å². The summed E-state index contributed by atoms with van der Waals surface area (Å²) in [5.74, 6) is -0.122. The molecule has 1 N–H and O–H groups in total. The third kappa shape index (κ3) is 2.41. The van der Waals surface area contributed by atoms with Crippen molar-refractivity contribution < 1.29 is 14.3 Å². The smallest absolute Gasteiger partial charge is 0.281 e. The van der Waals surface area contributed by atoms with Gasteiger partial charge in [0.1, 0.15) is 11.8 Å². The minimum atomic E-state index is -0.699. The van der Waals surface area contributed by atoms with Crippen LogP contribution in [0.15, 0.2) is 18.2 Å². The first-order valence-electron chi connectivity index (χ1n) is 7.36. The predicted octanol–water partition coefficient (Wildman–Crippen LogP) is 2.38. The molecule has 1 aromatic heterocycles. The SMILES string of the molecule is COc1ccc2c(c1)N(C(=O)c1nn(C)c(C)c1Cl)C(C)C(=O)N2. The van der Waals surface area contributed by atoms with Crippen LogP contribution < -0.4 is 15.0 Å². The molecule has 0 saturated carbocycles. The van der Waals surface area contributed by atoms with Gasteiger partial charge in [-0.3, -0.25) is 19.2 Å². The molecule has 0 spiro atoms. The molecule has 0 bridgehead atoms. The van der Waals surface area contributed by atoms with Gasteiger partial charge >= 0.3 is 0 Å². The van der Waals surface area contributed by atoms with Gasteiger partial charge in [-0.15, -0.1) is 0 Å². The summed E-state index contributed by atoms with van der Waals surface area (Å²) in [7, 11) is 3.25. The molecule has 8 heteroatoms. The minimum absolute atomic E-state index is 0.118. The molecule has 126 valence electrons. The number of nitrogens with zero attached hydrogens (tertiary/aromatic N) is 3. The van der Waals surface area contributed by atoms with Crippen molar-refractivity contribution in [3.8, 4) is 5.75 Å². The van der Waals surface area contributed by atoms with Gasteiger partial charge < -0.3 is 10.1 Å². The number of benzene rings is 1. The van der Waals surface area contributed by atoms with Gasteiger partial charge in [-0.05, 0) is 26.0 Å². The van der Waals surface area contributed by atoms with E-state index in [1.165, 1.54) is 16.7 Å². The van der Waals surface area contributed by atoms with Gasteiger partial charge in [0.05, 0.1) is 29.2 Å². The number of hydrogen-bond acceptors (Lipinski definition) is 4. The number of halogens is 1. The number of aromatic nitrogens is 2. The van der Waals surface area contributed by atoms with Crippen LogP contribution in [0, 0.1) is 6.92 Å². The van der Waals surface area contributed by atoms with Gasteiger partial charge in [0, 0.05) is 13.1 Å². The van der Waals surface area contributed by atoms with Crippen LogP contribution in [0.1, 0.15) is 23.1 Å². The third-order valence-electron chi connectivity index (χ3n) is 4.17. The summed E-state index contributed by atoms with van der Waals surface area (Å²) >= 11 is 6.24. The molecule has 2 aromatic rings. The number of anilines is 2. The molecule has 1 aromatic carbocycles. The minimum Gasteiger partial charge on any atom is -0.497 e. The lowest BCUT2D eigenvalue weighted by atomic mass is 10.1. The van der Waals surface area contributed by atoms with E-state index in [9.17, 15) is 9.59 Å². The summed E-state index contributed by atoms with van der Waals surface area (Å²) in [4.78, 5) is 26.7. The summed E-state index contributed by atoms with van der Waals surface area (Å²) < 4.78 is 6.77. The predicted molar refractivity (Wildman–Crippen MR) is 90.9 cm³/mol. The molecule has 24 heavy (non-hydrogen) atoms. The number of rotatable bonds is 2. The maximum atomic E-state index is 13.0. The van der Waals surface area contributed by atoms with Crippen LogP contribution in [0.5, 0.6) is 5.75 Å². The van der Waals surface area contributed by atoms with Gasteiger partial charge in [0.15, 0.2) is 5.69 Å². The number of aryl methyl sites for hydroxylation is 1. The first kappa shape index (κ1) is 16.3. The molecule has 1 aliphatic heterocycles. The highest BCUT2D eigenvalue weighted by atomic mass is 35.5. The molecule has 7 nitrogen and oxygen atoms in total. The Kier molecular flexibility index (Phi) is 3.96. The van der Waals surface area contributed by atoms with E-state index in [2.05, 4.69) is 10.4 Å². The highest BCUT2D eigenvalue weighted by Gasteiger charge is 2.36. The summed E-state index contributed by atoms with van der Waals surface area (Å²) in [5, 5.41) is 7.25. The average Bonchev–Trinajstić information content (AvgIpc) is 2.82. The number of fused-ring (bicyclic) bond motifs is 1. The molecule has 2 heterocycles. The maximum absolute atomic E-state index is 13.0. The van der Waals surface area contributed by atoms with Crippen molar-refractivity contribution in [2.45, 2.75) is 19.9 Å². The Hall–Kier alpha value is -2.54. The van der Waals surface area contributed by atoms with Crippen molar-refractivity contribution in [3.63, 3.8) is 0 Å². The lowest BCUT2D eigenvalue weighted by molar-refractivity contribution is -0.117. The Balaban J connectivity index is 2.13. The van der Waals surface area contributed by atoms with Crippen molar-refractivity contribution in [2.75, 3.05) is 17.3 Å². The Morgan fingerprint density at radius 3 is 2.71 bits per heavy atom. The fourth-order valence-electron chi connectivity index (χ4n) is 2.62. The molecule has 0 saturated heterocycles. The van der Waals surface area contributed by atoms with Gasteiger partial charge in [0.2, 0.25) is 5.91 Å². The van der Waals surface area contributed by atoms with E-state index in [1.54, 1.807) is 39.1 Å². The second kappa shape index (κ2) is 5.83. The number of nitrogens with one attached hydrogen (secondary N) is 1. The summed E-state index contributed by atoms with van der Waals surface area (Å²) in [6.07, 6.45) is 0. The zero-order chi connectivity index (χ0) is 17.6. The molecular weight excluding hydrogens is 332 g/mol. The van der Waals surface area contributed by atoms with Crippen LogP contribution in [0.25, 0.3) is 0 Å². The van der Waals surface area contributed by atoms with Crippen molar-refractivity contribution in [1.82, 2.24) is 9.78 Å². The molecule has 0 aliphatic carbocycles. The van der Waals surface area contributed by atoms with Gasteiger partial charge in [0.25, 0.3) is 5.91 Å². The fourth-order valence-corrected chi connectivity index (χ4v) is 2.87. The number of ether oxygens (including phenoxy) is 1. The Morgan fingerprint density at radius 2 is 2.12 bits per heavy atom. The van der Waals surface area contributed by atoms with Crippen molar-refractivity contribution in [3.05, 3.63) is 34.6 Å². The van der Waals surface area contributed by atoms with E-state index in [0.29, 0.717) is 22.8 Å². The number of carbonyl (C=O) groups excluding carboxylic acids is 2. The van der Waals surface area contributed by atoms with Gasteiger partial charge in [-0.1, -0.05) is 11.6 Å². The van der Waals surface area contributed by atoms with E-state index in [-0.39, 0.29) is 16.6 Å². The molecule has 2 amide bonds. The second-order valence-corrected chi connectivity index (χ2v) is 5.97. The van der Waals surface area contributed by atoms with Crippen molar-refractivity contribution in [1.29, 1.82) is 0 Å². The van der Waals surface area contributed by atoms with Crippen LogP contribution in [0.4, 0.5) is 11.4 Å². The topological polar surface area (TPSA) is 76.5 Å².